The Morgan fingerprint density at radius 2 is 1.71 bits per heavy atom. The molecule has 2 heterocycles. The summed E-state index contributed by atoms with van der Waals surface area (Å²) in [6.07, 6.45) is 1.40. The van der Waals surface area contributed by atoms with Crippen LogP contribution in [-0.4, -0.2) is 21.7 Å². The van der Waals surface area contributed by atoms with E-state index in [-0.39, 0.29) is 11.8 Å². The molecule has 1 aromatic carbocycles. The molecule has 0 spiro atoms. The van der Waals surface area contributed by atoms with Gasteiger partial charge in [0.15, 0.2) is 0 Å². The minimum Gasteiger partial charge on any atom is -0.269 e. The van der Waals surface area contributed by atoms with Gasteiger partial charge in [-0.1, -0.05) is 12.1 Å². The number of pyridine rings is 1. The highest BCUT2D eigenvalue weighted by molar-refractivity contribution is 6.21. The van der Waals surface area contributed by atoms with E-state index >= 15 is 0 Å². The topological polar surface area (TPSA) is 50.3 Å². The average molecular weight is 284 g/mol. The van der Waals surface area contributed by atoms with Gasteiger partial charge in [-0.2, -0.15) is 4.39 Å². The van der Waals surface area contributed by atoms with Crippen LogP contribution in [0.15, 0.2) is 36.5 Å². The summed E-state index contributed by atoms with van der Waals surface area (Å²) in [4.78, 5) is 29.6. The van der Waals surface area contributed by atoms with Gasteiger partial charge in [-0.3, -0.25) is 14.5 Å². The van der Waals surface area contributed by atoms with E-state index in [1.165, 1.54) is 17.2 Å². The minimum absolute atomic E-state index is 0.347. The highest BCUT2D eigenvalue weighted by Gasteiger charge is 2.39. The lowest BCUT2D eigenvalue weighted by atomic mass is 10.0. The van der Waals surface area contributed by atoms with Crippen molar-refractivity contribution < 1.29 is 14.0 Å². The molecule has 1 atom stereocenters. The van der Waals surface area contributed by atoms with E-state index in [0.29, 0.717) is 16.7 Å². The monoisotopic (exact) mass is 284 g/mol. The number of carbonyl (C=O) groups is 2. The molecule has 0 bridgehead atoms. The van der Waals surface area contributed by atoms with Crippen LogP contribution in [0, 0.1) is 12.9 Å². The van der Waals surface area contributed by atoms with Crippen molar-refractivity contribution in [3.63, 3.8) is 0 Å². The van der Waals surface area contributed by atoms with Gasteiger partial charge in [0.2, 0.25) is 5.95 Å². The normalized spacial score (nSPS) is 15.3. The van der Waals surface area contributed by atoms with Crippen molar-refractivity contribution in [3.05, 3.63) is 64.7 Å². The van der Waals surface area contributed by atoms with Crippen LogP contribution in [0.2, 0.25) is 0 Å². The number of hydrogen-bond donors (Lipinski definition) is 0. The molecule has 0 saturated carbocycles. The number of aryl methyl sites for hydroxylation is 1. The second kappa shape index (κ2) is 4.77. The fraction of sp³-hybridized carbons (Fsp3) is 0.188. The fourth-order valence-electron chi connectivity index (χ4n) is 2.66. The maximum absolute atomic E-state index is 13.4. The Balaban J connectivity index is 2.04. The number of aromatic nitrogens is 1. The number of carbonyl (C=O) groups excluding carboxylic acids is 2. The van der Waals surface area contributed by atoms with Gasteiger partial charge in [0.1, 0.15) is 0 Å². The summed E-state index contributed by atoms with van der Waals surface area (Å²) < 4.78 is 13.4. The van der Waals surface area contributed by atoms with Gasteiger partial charge in [-0.15, -0.1) is 0 Å². The molecular formula is C16H13FN2O2. The lowest BCUT2D eigenvalue weighted by molar-refractivity contribution is 0.0594. The van der Waals surface area contributed by atoms with Crippen LogP contribution in [0.25, 0.3) is 0 Å². The third-order valence-electron chi connectivity index (χ3n) is 3.77. The molecule has 5 heteroatoms. The second-order valence-electron chi connectivity index (χ2n) is 5.07. The zero-order valence-corrected chi connectivity index (χ0v) is 11.6. The first-order valence-electron chi connectivity index (χ1n) is 6.59. The minimum atomic E-state index is -0.626. The van der Waals surface area contributed by atoms with Crippen molar-refractivity contribution in [1.82, 2.24) is 9.88 Å². The Hall–Kier alpha value is -2.56. The summed E-state index contributed by atoms with van der Waals surface area (Å²) in [5, 5.41) is 0. The van der Waals surface area contributed by atoms with E-state index in [0.717, 1.165) is 5.56 Å². The molecule has 21 heavy (non-hydrogen) atoms. The molecule has 2 amide bonds. The first-order chi connectivity index (χ1) is 10.0. The molecule has 0 fully saturated rings. The number of hydrogen-bond acceptors (Lipinski definition) is 3. The van der Waals surface area contributed by atoms with Gasteiger partial charge >= 0.3 is 0 Å². The largest absolute Gasteiger partial charge is 0.269 e. The van der Waals surface area contributed by atoms with Crippen LogP contribution in [0.3, 0.4) is 0 Å². The first-order valence-corrected chi connectivity index (χ1v) is 6.59. The molecule has 0 N–H and O–H groups in total. The number of rotatable bonds is 2. The molecule has 0 saturated heterocycles. The Morgan fingerprint density at radius 1 is 1.14 bits per heavy atom. The van der Waals surface area contributed by atoms with Crippen LogP contribution in [0.4, 0.5) is 4.39 Å². The molecule has 1 aliphatic rings. The average Bonchev–Trinajstić information content (AvgIpc) is 2.73. The molecular weight excluding hydrogens is 271 g/mol. The van der Waals surface area contributed by atoms with Gasteiger partial charge in [0.25, 0.3) is 11.8 Å². The SMILES string of the molecule is Cc1cnc(F)cc1C(C)N1C(=O)c2ccccc2C1=O. The number of halogens is 1. The lowest BCUT2D eigenvalue weighted by Gasteiger charge is -2.24. The Kier molecular flexibility index (Phi) is 3.05. The predicted molar refractivity (Wildman–Crippen MR) is 74.3 cm³/mol. The van der Waals surface area contributed by atoms with E-state index in [4.69, 9.17) is 0 Å². The van der Waals surface area contributed by atoms with Crippen molar-refractivity contribution in [2.45, 2.75) is 19.9 Å². The smallest absolute Gasteiger partial charge is 0.262 e. The van der Waals surface area contributed by atoms with Crippen molar-refractivity contribution >= 4 is 11.8 Å². The predicted octanol–water partition coefficient (Wildman–Crippen LogP) is 2.89. The van der Waals surface area contributed by atoms with E-state index in [1.54, 1.807) is 38.1 Å². The lowest BCUT2D eigenvalue weighted by Crippen LogP contribution is -2.33. The standard InChI is InChI=1S/C16H13FN2O2/c1-9-8-18-14(17)7-13(9)10(2)19-15(20)11-5-3-4-6-12(11)16(19)21/h3-8,10H,1-2H3. The quantitative estimate of drug-likeness (QED) is 0.629. The van der Waals surface area contributed by atoms with Gasteiger partial charge in [0, 0.05) is 6.20 Å². The maximum atomic E-state index is 13.4. The van der Waals surface area contributed by atoms with Gasteiger partial charge in [-0.05, 0) is 43.2 Å². The van der Waals surface area contributed by atoms with E-state index in [1.807, 2.05) is 0 Å². The third kappa shape index (κ3) is 2.01. The second-order valence-corrected chi connectivity index (χ2v) is 5.07. The molecule has 0 aliphatic carbocycles. The van der Waals surface area contributed by atoms with E-state index in [9.17, 15) is 14.0 Å². The van der Waals surface area contributed by atoms with Gasteiger partial charge < -0.3 is 0 Å². The van der Waals surface area contributed by atoms with Crippen LogP contribution >= 0.6 is 0 Å². The maximum Gasteiger partial charge on any atom is 0.262 e. The fourth-order valence-corrected chi connectivity index (χ4v) is 2.66. The third-order valence-corrected chi connectivity index (χ3v) is 3.77. The van der Waals surface area contributed by atoms with Gasteiger partial charge in [-0.25, -0.2) is 4.98 Å². The number of benzene rings is 1. The first kappa shape index (κ1) is 13.4. The van der Waals surface area contributed by atoms with Crippen molar-refractivity contribution in [3.8, 4) is 0 Å². The van der Waals surface area contributed by atoms with Crippen molar-refractivity contribution in [2.24, 2.45) is 0 Å². The number of fused-ring (bicyclic) bond motifs is 1. The molecule has 2 aromatic rings. The summed E-state index contributed by atoms with van der Waals surface area (Å²) in [6, 6.07) is 7.41. The van der Waals surface area contributed by atoms with Crippen LogP contribution in [0.5, 0.6) is 0 Å². The van der Waals surface area contributed by atoms with Crippen molar-refractivity contribution in [1.29, 1.82) is 0 Å². The highest BCUT2D eigenvalue weighted by Crippen LogP contribution is 2.32. The zero-order chi connectivity index (χ0) is 15.1. The summed E-state index contributed by atoms with van der Waals surface area (Å²) in [5.41, 5.74) is 2.10. The molecule has 1 unspecified atom stereocenters. The van der Waals surface area contributed by atoms with Gasteiger partial charge in [0.05, 0.1) is 17.2 Å². The molecule has 0 radical (unpaired) electrons. The molecule has 3 rings (SSSR count). The Bertz CT molecular complexity index is 723. The van der Waals surface area contributed by atoms with Crippen LogP contribution in [0.1, 0.15) is 44.8 Å². The summed E-state index contributed by atoms with van der Waals surface area (Å²) in [6.45, 7) is 3.49. The summed E-state index contributed by atoms with van der Waals surface area (Å²) in [5.74, 6) is -1.32. The molecule has 106 valence electrons. The molecule has 1 aliphatic heterocycles. The van der Waals surface area contributed by atoms with Crippen LogP contribution in [-0.2, 0) is 0 Å². The zero-order valence-electron chi connectivity index (χ0n) is 11.6. The molecule has 4 nitrogen and oxygen atoms in total. The summed E-state index contributed by atoms with van der Waals surface area (Å²) >= 11 is 0. The van der Waals surface area contributed by atoms with Crippen molar-refractivity contribution in [2.75, 3.05) is 0 Å². The molecule has 1 aromatic heterocycles. The highest BCUT2D eigenvalue weighted by atomic mass is 19.1. The Morgan fingerprint density at radius 3 is 2.29 bits per heavy atom. The van der Waals surface area contributed by atoms with E-state index in [2.05, 4.69) is 4.98 Å². The summed E-state index contributed by atoms with van der Waals surface area (Å²) in [7, 11) is 0. The Labute approximate surface area is 121 Å². The number of imide groups is 1. The number of amides is 2. The van der Waals surface area contributed by atoms with E-state index < -0.39 is 12.0 Å². The number of nitrogens with zero attached hydrogens (tertiary/aromatic N) is 2. The van der Waals surface area contributed by atoms with Crippen LogP contribution < -0.4 is 0 Å².